The molecule has 4 aromatic rings. The number of amides is 3. The van der Waals surface area contributed by atoms with Gasteiger partial charge in [0, 0.05) is 35.6 Å². The van der Waals surface area contributed by atoms with E-state index in [1.165, 1.54) is 5.19 Å². The molecule has 0 saturated carbocycles. The third-order valence-corrected chi connectivity index (χ3v) is 16.6. The first kappa shape index (κ1) is 34.3. The third-order valence-electron chi connectivity index (χ3n) is 12.2. The molecule has 2 saturated heterocycles. The van der Waals surface area contributed by atoms with E-state index >= 15 is 4.79 Å². The predicted molar refractivity (Wildman–Crippen MR) is 205 cm³/mol. The lowest BCUT2D eigenvalue weighted by atomic mass is 9.82. The molecule has 4 aliphatic heterocycles. The van der Waals surface area contributed by atoms with Crippen LogP contribution in [-0.2, 0) is 19.9 Å². The Hall–Kier alpha value is -4.77. The monoisotopic (exact) mass is 715 g/mol. The minimum absolute atomic E-state index is 0.0637. The summed E-state index contributed by atoms with van der Waals surface area (Å²) < 4.78 is 12.7. The second kappa shape index (κ2) is 12.7. The molecule has 0 radical (unpaired) electrons. The number of fused-ring (bicyclic) bond motifs is 2. The molecule has 3 amide bonds. The number of carbonyl (C=O) groups excluding carboxylic acids is 3. The van der Waals surface area contributed by atoms with Crippen molar-refractivity contribution in [3.8, 4) is 5.75 Å². The molecule has 0 aliphatic carbocycles. The van der Waals surface area contributed by atoms with Crippen LogP contribution in [-0.4, -0.2) is 74.8 Å². The number of aliphatic hydroxyl groups is 1. The van der Waals surface area contributed by atoms with Crippen LogP contribution >= 0.6 is 0 Å². The van der Waals surface area contributed by atoms with Gasteiger partial charge in [-0.1, -0.05) is 67.7 Å². The number of benzene rings is 4. The minimum atomic E-state index is -2.51. The molecular weight excluding hydrogens is 671 g/mol. The van der Waals surface area contributed by atoms with Gasteiger partial charge in [0.1, 0.15) is 5.75 Å². The van der Waals surface area contributed by atoms with E-state index in [-0.39, 0.29) is 54.8 Å². The summed E-state index contributed by atoms with van der Waals surface area (Å²) in [7, 11) is -0.858. The van der Waals surface area contributed by atoms with Gasteiger partial charge in [-0.15, -0.1) is 6.58 Å². The Morgan fingerprint density at radius 1 is 1.06 bits per heavy atom. The zero-order valence-corrected chi connectivity index (χ0v) is 31.2. The SMILES string of the molecule is C=CCN1C(=O)[C@]2(O[C@H](CC(=O)N3CCC[C@H]3CO)[C@@H]([Si](C)(C)c3ccc(OC)cc3)[C@@H]2C)c2cc(N3C(=O)c4cccc5cccc3c45)ccc21. The van der Waals surface area contributed by atoms with Gasteiger partial charge in [-0.3, -0.25) is 19.3 Å². The van der Waals surface area contributed by atoms with Gasteiger partial charge in [0.05, 0.1) is 57.3 Å². The van der Waals surface area contributed by atoms with Gasteiger partial charge in [-0.25, -0.2) is 0 Å². The molecule has 52 heavy (non-hydrogen) atoms. The van der Waals surface area contributed by atoms with Gasteiger partial charge in [0.25, 0.3) is 11.8 Å². The van der Waals surface area contributed by atoms with Crippen molar-refractivity contribution in [3.05, 3.63) is 103 Å². The van der Waals surface area contributed by atoms with Gasteiger partial charge in [0.2, 0.25) is 5.91 Å². The number of anilines is 3. The van der Waals surface area contributed by atoms with Crippen molar-refractivity contribution in [2.75, 3.05) is 36.6 Å². The highest BCUT2D eigenvalue weighted by Gasteiger charge is 2.66. The van der Waals surface area contributed by atoms with Gasteiger partial charge in [-0.05, 0) is 66.2 Å². The van der Waals surface area contributed by atoms with Crippen molar-refractivity contribution in [1.82, 2.24) is 4.90 Å². The first-order chi connectivity index (χ1) is 25.1. The molecule has 4 aliphatic rings. The van der Waals surface area contributed by atoms with Crippen LogP contribution in [0, 0.1) is 5.92 Å². The van der Waals surface area contributed by atoms with Gasteiger partial charge in [-0.2, -0.15) is 0 Å². The van der Waals surface area contributed by atoms with Crippen LogP contribution in [0.25, 0.3) is 10.8 Å². The van der Waals surface area contributed by atoms with E-state index in [9.17, 15) is 14.7 Å². The number of hydrogen-bond acceptors (Lipinski definition) is 6. The number of aliphatic hydroxyl groups excluding tert-OH is 1. The molecule has 1 N–H and O–H groups in total. The van der Waals surface area contributed by atoms with E-state index in [1.807, 2.05) is 66.7 Å². The molecule has 5 atom stereocenters. The Kier molecular flexibility index (Phi) is 8.39. The molecule has 4 aromatic carbocycles. The van der Waals surface area contributed by atoms with Crippen molar-refractivity contribution in [2.24, 2.45) is 5.92 Å². The lowest BCUT2D eigenvalue weighted by molar-refractivity contribution is -0.149. The van der Waals surface area contributed by atoms with Crippen LogP contribution < -0.4 is 19.7 Å². The maximum atomic E-state index is 15.0. The third kappa shape index (κ3) is 4.91. The highest BCUT2D eigenvalue weighted by Crippen LogP contribution is 2.61. The smallest absolute Gasteiger partial charge is 0.264 e. The number of hydrogen-bond donors (Lipinski definition) is 1. The number of methoxy groups -OCH3 is 1. The Labute approximate surface area is 305 Å². The fourth-order valence-corrected chi connectivity index (χ4v) is 13.8. The summed E-state index contributed by atoms with van der Waals surface area (Å²) in [5, 5.41) is 13.2. The fourth-order valence-electron chi connectivity index (χ4n) is 9.77. The predicted octanol–water partition coefficient (Wildman–Crippen LogP) is 6.26. The standard InChI is InChI=1S/C42H45N3O6Si/c1-6-21-44-34-20-15-28(45-35-14-8-11-27-10-7-13-32(38(27)35)40(45)48)23-33(34)42(41(44)49)26(2)39(52(4,5)31-18-16-30(50-3)17-19-31)36(51-42)24-37(47)43-22-9-12-29(43)25-46/h6-8,10-11,13-20,23,26,29,36,39,46H,1,9,12,21-22,24-25H2,2-5H3/t26-,29-,36+,39-,42+/m0/s1. The Morgan fingerprint density at radius 2 is 1.81 bits per heavy atom. The summed E-state index contributed by atoms with van der Waals surface area (Å²) in [5.74, 6) is 0.0723. The quantitative estimate of drug-likeness (QED) is 0.162. The summed E-state index contributed by atoms with van der Waals surface area (Å²) in [6.07, 6.45) is 2.86. The zero-order chi connectivity index (χ0) is 36.5. The molecule has 0 aromatic heterocycles. The largest absolute Gasteiger partial charge is 0.497 e. The molecular formula is C42H45N3O6Si. The molecule has 9 nitrogen and oxygen atoms in total. The molecule has 0 unspecified atom stereocenters. The lowest BCUT2D eigenvalue weighted by Crippen LogP contribution is -2.52. The number of likely N-dealkylation sites (tertiary alicyclic amines) is 1. The maximum absolute atomic E-state index is 15.0. The Balaban J connectivity index is 1.26. The van der Waals surface area contributed by atoms with Crippen LogP contribution in [0.15, 0.2) is 91.5 Å². The van der Waals surface area contributed by atoms with Crippen molar-refractivity contribution < 1.29 is 29.0 Å². The lowest BCUT2D eigenvalue weighted by Gasteiger charge is -2.37. The highest BCUT2D eigenvalue weighted by molar-refractivity contribution is 6.91. The van der Waals surface area contributed by atoms with Crippen molar-refractivity contribution in [2.45, 2.75) is 62.6 Å². The summed E-state index contributed by atoms with van der Waals surface area (Å²) >= 11 is 0. The molecule has 8 rings (SSSR count). The number of ether oxygens (including phenoxy) is 2. The molecule has 268 valence electrons. The Bertz CT molecular complexity index is 2110. The minimum Gasteiger partial charge on any atom is -0.497 e. The summed E-state index contributed by atoms with van der Waals surface area (Å²) in [6, 6.07) is 25.4. The highest BCUT2D eigenvalue weighted by atomic mass is 28.3. The van der Waals surface area contributed by atoms with E-state index in [4.69, 9.17) is 9.47 Å². The van der Waals surface area contributed by atoms with Crippen LogP contribution in [0.3, 0.4) is 0 Å². The average Bonchev–Trinajstić information content (AvgIpc) is 3.88. The molecule has 2 fully saturated rings. The van der Waals surface area contributed by atoms with E-state index in [0.717, 1.165) is 40.7 Å². The first-order valence-corrected chi connectivity index (χ1v) is 21.3. The van der Waals surface area contributed by atoms with Crippen LogP contribution in [0.4, 0.5) is 17.1 Å². The zero-order valence-electron chi connectivity index (χ0n) is 30.2. The van der Waals surface area contributed by atoms with E-state index in [2.05, 4.69) is 38.7 Å². The second-order valence-electron chi connectivity index (χ2n) is 15.2. The van der Waals surface area contributed by atoms with Crippen molar-refractivity contribution in [1.29, 1.82) is 0 Å². The first-order valence-electron chi connectivity index (χ1n) is 18.2. The number of rotatable bonds is 9. The molecule has 4 heterocycles. The van der Waals surface area contributed by atoms with Crippen LogP contribution in [0.5, 0.6) is 5.75 Å². The number of carbonyl (C=O) groups is 3. The second-order valence-corrected chi connectivity index (χ2v) is 19.8. The summed E-state index contributed by atoms with van der Waals surface area (Å²) in [4.78, 5) is 48.5. The normalized spacial score (nSPS) is 25.1. The molecule has 1 spiro atoms. The van der Waals surface area contributed by atoms with Gasteiger partial charge >= 0.3 is 0 Å². The average molecular weight is 716 g/mol. The Morgan fingerprint density at radius 3 is 2.52 bits per heavy atom. The van der Waals surface area contributed by atoms with Crippen LogP contribution in [0.1, 0.15) is 42.1 Å². The van der Waals surface area contributed by atoms with Crippen LogP contribution in [0.2, 0.25) is 18.6 Å². The topological polar surface area (TPSA) is 99.6 Å². The maximum Gasteiger partial charge on any atom is 0.264 e. The summed E-state index contributed by atoms with van der Waals surface area (Å²) in [6.45, 7) is 11.5. The van der Waals surface area contributed by atoms with Crippen molar-refractivity contribution in [3.63, 3.8) is 0 Å². The molecule has 0 bridgehead atoms. The fraction of sp³-hybridized carbons (Fsp3) is 0.357. The van der Waals surface area contributed by atoms with Gasteiger partial charge in [0.15, 0.2) is 5.60 Å². The van der Waals surface area contributed by atoms with Crippen molar-refractivity contribution >= 4 is 58.8 Å². The van der Waals surface area contributed by atoms with E-state index < -0.39 is 19.8 Å². The van der Waals surface area contributed by atoms with Gasteiger partial charge < -0.3 is 24.4 Å². The molecule has 10 heteroatoms. The summed E-state index contributed by atoms with van der Waals surface area (Å²) in [5.41, 5.74) is 1.98. The van der Waals surface area contributed by atoms with E-state index in [0.29, 0.717) is 23.4 Å². The number of nitrogens with zero attached hydrogens (tertiary/aromatic N) is 3. The van der Waals surface area contributed by atoms with E-state index in [1.54, 1.807) is 27.9 Å².